The Kier molecular flexibility index (Phi) is 3.86. The molecule has 0 spiro atoms. The van der Waals surface area contributed by atoms with Gasteiger partial charge in [0, 0.05) is 19.3 Å². The molecule has 0 atom stereocenters. The first-order chi connectivity index (χ1) is 8.57. The summed E-state index contributed by atoms with van der Waals surface area (Å²) < 4.78 is 38.1. The third-order valence-electron chi connectivity index (χ3n) is 2.75. The monoisotopic (exact) mass is 257 g/mol. The summed E-state index contributed by atoms with van der Waals surface area (Å²) in [6.45, 7) is 2.04. The van der Waals surface area contributed by atoms with Crippen LogP contribution >= 0.6 is 0 Å². The summed E-state index contributed by atoms with van der Waals surface area (Å²) >= 11 is 0. The summed E-state index contributed by atoms with van der Waals surface area (Å²) in [5, 5.41) is 5.91. The molecular weight excluding hydrogens is 243 g/mol. The van der Waals surface area contributed by atoms with Gasteiger partial charge >= 0.3 is 6.18 Å². The second kappa shape index (κ2) is 5.39. The van der Waals surface area contributed by atoms with Crippen LogP contribution in [0.15, 0.2) is 30.0 Å². The fraction of sp³-hybridized carbons (Fsp3) is 0.417. The highest BCUT2D eigenvalue weighted by Crippen LogP contribution is 2.33. The van der Waals surface area contributed by atoms with Crippen LogP contribution in [0.2, 0.25) is 0 Å². The highest BCUT2D eigenvalue weighted by Gasteiger charge is 2.33. The lowest BCUT2D eigenvalue weighted by atomic mass is 10.1. The van der Waals surface area contributed by atoms with Gasteiger partial charge in [-0.25, -0.2) is 4.98 Å². The molecule has 1 aliphatic heterocycles. The van der Waals surface area contributed by atoms with Crippen LogP contribution in [0, 0.1) is 0 Å². The second-order valence-electron chi connectivity index (χ2n) is 4.07. The van der Waals surface area contributed by atoms with Gasteiger partial charge in [0.2, 0.25) is 0 Å². The van der Waals surface area contributed by atoms with Gasteiger partial charge in [-0.05, 0) is 25.1 Å². The molecule has 1 aromatic rings. The van der Waals surface area contributed by atoms with Crippen LogP contribution in [0.4, 0.5) is 19.0 Å². The van der Waals surface area contributed by atoms with Gasteiger partial charge < -0.3 is 10.6 Å². The number of nitrogens with one attached hydrogen (secondary N) is 2. The van der Waals surface area contributed by atoms with E-state index in [0.29, 0.717) is 6.54 Å². The van der Waals surface area contributed by atoms with Gasteiger partial charge in [0.15, 0.2) is 0 Å². The zero-order chi connectivity index (χ0) is 13.0. The molecule has 6 heteroatoms. The summed E-state index contributed by atoms with van der Waals surface area (Å²) in [6.07, 6.45) is -0.179. The number of anilines is 1. The van der Waals surface area contributed by atoms with Gasteiger partial charge in [-0.1, -0.05) is 11.6 Å². The van der Waals surface area contributed by atoms with E-state index in [-0.39, 0.29) is 5.82 Å². The molecule has 0 aliphatic carbocycles. The van der Waals surface area contributed by atoms with Crippen molar-refractivity contribution in [3.63, 3.8) is 0 Å². The number of alkyl halides is 3. The van der Waals surface area contributed by atoms with Crippen molar-refractivity contribution in [3.05, 3.63) is 35.5 Å². The first kappa shape index (κ1) is 12.9. The molecule has 1 aromatic heterocycles. The lowest BCUT2D eigenvalue weighted by Crippen LogP contribution is -2.23. The summed E-state index contributed by atoms with van der Waals surface area (Å²) in [6, 6.07) is 2.32. The van der Waals surface area contributed by atoms with E-state index < -0.39 is 11.7 Å². The summed E-state index contributed by atoms with van der Waals surface area (Å²) in [4.78, 5) is 3.76. The molecule has 18 heavy (non-hydrogen) atoms. The molecule has 0 bridgehead atoms. The predicted molar refractivity (Wildman–Crippen MR) is 63.3 cm³/mol. The predicted octanol–water partition coefficient (Wildman–Crippen LogP) is 2.43. The molecule has 0 aromatic carbocycles. The fourth-order valence-corrected chi connectivity index (χ4v) is 1.80. The number of nitrogens with zero attached hydrogens (tertiary/aromatic N) is 1. The number of halogens is 3. The quantitative estimate of drug-likeness (QED) is 0.817. The van der Waals surface area contributed by atoms with Crippen LogP contribution in [0.1, 0.15) is 12.0 Å². The average Bonchev–Trinajstić information content (AvgIpc) is 2.37. The molecule has 3 nitrogen and oxygen atoms in total. The second-order valence-corrected chi connectivity index (χ2v) is 4.07. The zero-order valence-electron chi connectivity index (χ0n) is 9.72. The maximum absolute atomic E-state index is 12.7. The molecule has 0 fully saturated rings. The molecule has 98 valence electrons. The first-order valence-electron chi connectivity index (χ1n) is 5.72. The normalized spacial score (nSPS) is 16.3. The van der Waals surface area contributed by atoms with E-state index in [0.717, 1.165) is 31.1 Å². The Morgan fingerprint density at radius 2 is 2.22 bits per heavy atom. The Labute approximate surface area is 103 Å². The van der Waals surface area contributed by atoms with Crippen molar-refractivity contribution in [3.8, 4) is 0 Å². The molecule has 1 aliphatic rings. The molecule has 0 saturated carbocycles. The minimum absolute atomic E-state index is 0.107. The SMILES string of the molecule is FC(F)(F)c1cccnc1NCC1=CCNCC1. The topological polar surface area (TPSA) is 37.0 Å². The number of hydrogen-bond donors (Lipinski definition) is 2. The van der Waals surface area contributed by atoms with E-state index in [1.54, 1.807) is 0 Å². The van der Waals surface area contributed by atoms with Crippen molar-refractivity contribution in [2.45, 2.75) is 12.6 Å². The van der Waals surface area contributed by atoms with Crippen LogP contribution in [0.3, 0.4) is 0 Å². The first-order valence-corrected chi connectivity index (χ1v) is 5.72. The van der Waals surface area contributed by atoms with E-state index >= 15 is 0 Å². The minimum Gasteiger partial charge on any atom is -0.366 e. The Morgan fingerprint density at radius 1 is 1.39 bits per heavy atom. The van der Waals surface area contributed by atoms with Gasteiger partial charge in [0.25, 0.3) is 0 Å². The zero-order valence-corrected chi connectivity index (χ0v) is 9.72. The van der Waals surface area contributed by atoms with Crippen molar-refractivity contribution < 1.29 is 13.2 Å². The molecule has 0 radical (unpaired) electrons. The van der Waals surface area contributed by atoms with E-state index in [9.17, 15) is 13.2 Å². The maximum Gasteiger partial charge on any atom is 0.419 e. The molecule has 2 rings (SSSR count). The summed E-state index contributed by atoms with van der Waals surface area (Å²) in [5.41, 5.74) is 0.382. The third-order valence-corrected chi connectivity index (χ3v) is 2.75. The molecule has 0 amide bonds. The van der Waals surface area contributed by atoms with Crippen LogP contribution < -0.4 is 10.6 Å². The highest BCUT2D eigenvalue weighted by molar-refractivity contribution is 5.46. The Bertz CT molecular complexity index is 440. The van der Waals surface area contributed by atoms with E-state index in [2.05, 4.69) is 15.6 Å². The smallest absolute Gasteiger partial charge is 0.366 e. The minimum atomic E-state index is -4.38. The van der Waals surface area contributed by atoms with E-state index in [1.165, 1.54) is 12.3 Å². The fourth-order valence-electron chi connectivity index (χ4n) is 1.80. The molecular formula is C12H14F3N3. The van der Waals surface area contributed by atoms with Gasteiger partial charge in [0.1, 0.15) is 5.82 Å². The maximum atomic E-state index is 12.7. The van der Waals surface area contributed by atoms with E-state index in [1.807, 2.05) is 6.08 Å². The van der Waals surface area contributed by atoms with Gasteiger partial charge in [0.05, 0.1) is 5.56 Å². The number of pyridine rings is 1. The summed E-state index contributed by atoms with van der Waals surface area (Å²) in [5.74, 6) is -0.107. The van der Waals surface area contributed by atoms with Crippen molar-refractivity contribution in [1.82, 2.24) is 10.3 Å². The summed E-state index contributed by atoms with van der Waals surface area (Å²) in [7, 11) is 0. The Balaban J connectivity index is 2.07. The number of rotatable bonds is 3. The Hall–Kier alpha value is -1.56. The van der Waals surface area contributed by atoms with Crippen LogP contribution in [0.25, 0.3) is 0 Å². The van der Waals surface area contributed by atoms with Crippen molar-refractivity contribution in [2.75, 3.05) is 25.0 Å². The number of aromatic nitrogens is 1. The van der Waals surface area contributed by atoms with Gasteiger partial charge in [-0.3, -0.25) is 0 Å². The molecule has 2 N–H and O–H groups in total. The lowest BCUT2D eigenvalue weighted by molar-refractivity contribution is -0.137. The Morgan fingerprint density at radius 3 is 2.89 bits per heavy atom. The van der Waals surface area contributed by atoms with Crippen molar-refractivity contribution in [2.24, 2.45) is 0 Å². The van der Waals surface area contributed by atoms with E-state index in [4.69, 9.17) is 0 Å². The van der Waals surface area contributed by atoms with Crippen molar-refractivity contribution >= 4 is 5.82 Å². The molecule has 0 saturated heterocycles. The largest absolute Gasteiger partial charge is 0.419 e. The average molecular weight is 257 g/mol. The molecule has 2 heterocycles. The lowest BCUT2D eigenvalue weighted by Gasteiger charge is -2.17. The van der Waals surface area contributed by atoms with Crippen molar-refractivity contribution in [1.29, 1.82) is 0 Å². The third kappa shape index (κ3) is 3.22. The standard InChI is InChI=1S/C12H14F3N3/c13-12(14,15)10-2-1-5-17-11(10)18-8-9-3-6-16-7-4-9/h1-3,5,16H,4,6-8H2,(H,17,18). The van der Waals surface area contributed by atoms with Crippen LogP contribution in [0.5, 0.6) is 0 Å². The van der Waals surface area contributed by atoms with Gasteiger partial charge in [-0.2, -0.15) is 13.2 Å². The van der Waals surface area contributed by atoms with Gasteiger partial charge in [-0.15, -0.1) is 0 Å². The highest BCUT2D eigenvalue weighted by atomic mass is 19.4. The molecule has 0 unspecified atom stereocenters. The number of hydrogen-bond acceptors (Lipinski definition) is 3. The van der Waals surface area contributed by atoms with Crippen LogP contribution in [-0.2, 0) is 6.18 Å². The van der Waals surface area contributed by atoms with Crippen LogP contribution in [-0.4, -0.2) is 24.6 Å².